The van der Waals surface area contributed by atoms with E-state index in [-0.39, 0.29) is 6.03 Å². The molecule has 0 radical (unpaired) electrons. The number of nitrogens with one attached hydrogen (secondary N) is 3. The number of rotatable bonds is 4. The maximum Gasteiger partial charge on any atom is 0.318 e. The van der Waals surface area contributed by atoms with E-state index in [2.05, 4.69) is 20.9 Å². The highest BCUT2D eigenvalue weighted by atomic mass is 16.2. The van der Waals surface area contributed by atoms with E-state index < -0.39 is 0 Å². The first-order chi connectivity index (χ1) is 7.68. The number of carbonyl (C=O) groups is 1. The molecular formula is C11H22N4O. The molecule has 1 heterocycles. The van der Waals surface area contributed by atoms with Crippen molar-refractivity contribution in [1.82, 2.24) is 20.9 Å². The molecule has 0 aromatic heterocycles. The Hall–Kier alpha value is -1.07. The topological polar surface area (TPSA) is 56.4 Å². The molecule has 5 heteroatoms. The van der Waals surface area contributed by atoms with Gasteiger partial charge in [0, 0.05) is 45.5 Å². The van der Waals surface area contributed by atoms with Crippen molar-refractivity contribution < 1.29 is 4.79 Å². The van der Waals surface area contributed by atoms with Crippen LogP contribution in [0.1, 0.15) is 13.8 Å². The van der Waals surface area contributed by atoms with Gasteiger partial charge in [0.05, 0.1) is 0 Å². The lowest BCUT2D eigenvalue weighted by Gasteiger charge is -2.26. The Morgan fingerprint density at radius 3 is 2.69 bits per heavy atom. The Balaban J connectivity index is 2.05. The van der Waals surface area contributed by atoms with Gasteiger partial charge in [-0.3, -0.25) is 4.90 Å². The Morgan fingerprint density at radius 1 is 1.38 bits per heavy atom. The summed E-state index contributed by atoms with van der Waals surface area (Å²) in [6.45, 7) is 9.73. The first-order valence-corrected chi connectivity index (χ1v) is 5.79. The van der Waals surface area contributed by atoms with Gasteiger partial charge in [-0.15, -0.1) is 0 Å². The molecule has 0 saturated carbocycles. The van der Waals surface area contributed by atoms with Crippen molar-refractivity contribution in [3.63, 3.8) is 0 Å². The summed E-state index contributed by atoms with van der Waals surface area (Å²) in [5, 5.41) is 8.80. The number of piperazine rings is 1. The molecular weight excluding hydrogens is 204 g/mol. The monoisotopic (exact) mass is 226 g/mol. The predicted octanol–water partition coefficient (Wildman–Crippen LogP) is 0.115. The zero-order valence-electron chi connectivity index (χ0n) is 10.2. The second kappa shape index (κ2) is 7.24. The van der Waals surface area contributed by atoms with E-state index in [1.165, 1.54) is 0 Å². The molecule has 1 aliphatic rings. The molecule has 0 aromatic carbocycles. The molecule has 1 rings (SSSR count). The molecule has 3 N–H and O–H groups in total. The van der Waals surface area contributed by atoms with Crippen LogP contribution in [0.5, 0.6) is 0 Å². The summed E-state index contributed by atoms with van der Waals surface area (Å²) in [5.41, 5.74) is 1.08. The average molecular weight is 226 g/mol. The molecule has 0 spiro atoms. The van der Waals surface area contributed by atoms with Crippen LogP contribution in [-0.4, -0.2) is 50.2 Å². The van der Waals surface area contributed by atoms with Crippen molar-refractivity contribution >= 4 is 6.03 Å². The van der Waals surface area contributed by atoms with Crippen molar-refractivity contribution in [1.29, 1.82) is 0 Å². The van der Waals surface area contributed by atoms with Crippen molar-refractivity contribution in [3.8, 4) is 0 Å². The van der Waals surface area contributed by atoms with Gasteiger partial charge in [0.1, 0.15) is 0 Å². The predicted molar refractivity (Wildman–Crippen MR) is 65.3 cm³/mol. The average Bonchev–Trinajstić information content (AvgIpc) is 2.28. The summed E-state index contributed by atoms with van der Waals surface area (Å²) in [5.74, 6) is 0. The lowest BCUT2D eigenvalue weighted by atomic mass is 10.3. The maximum atomic E-state index is 11.3. The SMILES string of the molecule is CC(C)=CNC(=O)NCCN1CCNCC1. The summed E-state index contributed by atoms with van der Waals surface area (Å²) in [6, 6.07) is -0.128. The van der Waals surface area contributed by atoms with Gasteiger partial charge in [0.2, 0.25) is 0 Å². The number of urea groups is 1. The van der Waals surface area contributed by atoms with E-state index in [0.29, 0.717) is 6.54 Å². The van der Waals surface area contributed by atoms with Crippen LogP contribution in [-0.2, 0) is 0 Å². The molecule has 0 bridgehead atoms. The number of allylic oxidation sites excluding steroid dienone is 1. The van der Waals surface area contributed by atoms with Crippen LogP contribution in [0.2, 0.25) is 0 Å². The Morgan fingerprint density at radius 2 is 2.06 bits per heavy atom. The second-order valence-electron chi connectivity index (χ2n) is 4.21. The Labute approximate surface area is 97.3 Å². The van der Waals surface area contributed by atoms with E-state index in [4.69, 9.17) is 0 Å². The van der Waals surface area contributed by atoms with Crippen LogP contribution < -0.4 is 16.0 Å². The number of carbonyl (C=O) groups excluding carboxylic acids is 1. The normalized spacial score (nSPS) is 16.6. The lowest BCUT2D eigenvalue weighted by molar-refractivity contribution is 0.229. The molecule has 2 amide bonds. The minimum Gasteiger partial charge on any atom is -0.337 e. The third-order valence-electron chi connectivity index (χ3n) is 2.42. The van der Waals surface area contributed by atoms with Gasteiger partial charge in [-0.05, 0) is 13.8 Å². The first-order valence-electron chi connectivity index (χ1n) is 5.79. The van der Waals surface area contributed by atoms with Crippen molar-refractivity contribution in [2.24, 2.45) is 0 Å². The van der Waals surface area contributed by atoms with E-state index in [0.717, 1.165) is 38.3 Å². The maximum absolute atomic E-state index is 11.3. The second-order valence-corrected chi connectivity index (χ2v) is 4.21. The number of amides is 2. The Bertz CT molecular complexity index is 242. The smallest absolute Gasteiger partial charge is 0.318 e. The molecule has 16 heavy (non-hydrogen) atoms. The number of hydrogen-bond donors (Lipinski definition) is 3. The summed E-state index contributed by atoms with van der Waals surface area (Å²) in [7, 11) is 0. The standard InChI is InChI=1S/C11H22N4O/c1-10(2)9-14-11(16)13-5-8-15-6-3-12-4-7-15/h9,12H,3-8H2,1-2H3,(H2,13,14,16). The summed E-state index contributed by atoms with van der Waals surface area (Å²) >= 11 is 0. The highest BCUT2D eigenvalue weighted by Gasteiger charge is 2.08. The van der Waals surface area contributed by atoms with Gasteiger partial charge in [0.25, 0.3) is 0 Å². The van der Waals surface area contributed by atoms with Gasteiger partial charge in [0.15, 0.2) is 0 Å². The third kappa shape index (κ3) is 5.72. The lowest BCUT2D eigenvalue weighted by Crippen LogP contribution is -2.46. The molecule has 5 nitrogen and oxygen atoms in total. The highest BCUT2D eigenvalue weighted by molar-refractivity contribution is 5.74. The summed E-state index contributed by atoms with van der Waals surface area (Å²) in [6.07, 6.45) is 1.71. The van der Waals surface area contributed by atoms with Crippen LogP contribution in [0, 0.1) is 0 Å². The van der Waals surface area contributed by atoms with Crippen LogP contribution in [0.25, 0.3) is 0 Å². The van der Waals surface area contributed by atoms with Gasteiger partial charge in [-0.25, -0.2) is 4.79 Å². The molecule has 0 aromatic rings. The molecule has 1 fully saturated rings. The Kier molecular flexibility index (Phi) is 5.88. The fraction of sp³-hybridized carbons (Fsp3) is 0.727. The molecule has 1 saturated heterocycles. The zero-order valence-corrected chi connectivity index (χ0v) is 10.2. The summed E-state index contributed by atoms with van der Waals surface area (Å²) < 4.78 is 0. The largest absolute Gasteiger partial charge is 0.337 e. The highest BCUT2D eigenvalue weighted by Crippen LogP contribution is 1.89. The van der Waals surface area contributed by atoms with E-state index in [1.54, 1.807) is 6.20 Å². The van der Waals surface area contributed by atoms with Crippen LogP contribution in [0.4, 0.5) is 4.79 Å². The van der Waals surface area contributed by atoms with Crippen molar-refractivity contribution in [2.45, 2.75) is 13.8 Å². The van der Waals surface area contributed by atoms with Crippen LogP contribution in [0.3, 0.4) is 0 Å². The molecule has 0 aliphatic carbocycles. The third-order valence-corrected chi connectivity index (χ3v) is 2.42. The summed E-state index contributed by atoms with van der Waals surface area (Å²) in [4.78, 5) is 13.6. The number of nitrogens with zero attached hydrogens (tertiary/aromatic N) is 1. The van der Waals surface area contributed by atoms with Crippen molar-refractivity contribution in [2.75, 3.05) is 39.3 Å². The van der Waals surface area contributed by atoms with Crippen LogP contribution >= 0.6 is 0 Å². The zero-order chi connectivity index (χ0) is 11.8. The number of hydrogen-bond acceptors (Lipinski definition) is 3. The van der Waals surface area contributed by atoms with E-state index in [9.17, 15) is 4.79 Å². The first kappa shape index (κ1) is 13.0. The van der Waals surface area contributed by atoms with Gasteiger partial charge < -0.3 is 16.0 Å². The van der Waals surface area contributed by atoms with E-state index in [1.807, 2.05) is 13.8 Å². The van der Waals surface area contributed by atoms with Gasteiger partial charge >= 0.3 is 6.03 Å². The quantitative estimate of drug-likeness (QED) is 0.638. The molecule has 0 unspecified atom stereocenters. The molecule has 1 aliphatic heterocycles. The minimum absolute atomic E-state index is 0.128. The van der Waals surface area contributed by atoms with Gasteiger partial charge in [-0.1, -0.05) is 5.57 Å². The van der Waals surface area contributed by atoms with Crippen molar-refractivity contribution in [3.05, 3.63) is 11.8 Å². The van der Waals surface area contributed by atoms with Gasteiger partial charge in [-0.2, -0.15) is 0 Å². The molecule has 0 atom stereocenters. The molecule has 92 valence electrons. The minimum atomic E-state index is -0.128. The fourth-order valence-corrected chi connectivity index (χ4v) is 1.52. The van der Waals surface area contributed by atoms with E-state index >= 15 is 0 Å². The fourth-order valence-electron chi connectivity index (χ4n) is 1.52. The van der Waals surface area contributed by atoms with Crippen LogP contribution in [0.15, 0.2) is 11.8 Å².